The zero-order valence-corrected chi connectivity index (χ0v) is 41.5. The van der Waals surface area contributed by atoms with Gasteiger partial charge in [0.25, 0.3) is 5.92 Å². The zero-order valence-electron chi connectivity index (χ0n) is 39.0. The van der Waals surface area contributed by atoms with Gasteiger partial charge in [-0.1, -0.05) is 55.0 Å². The van der Waals surface area contributed by atoms with Crippen molar-refractivity contribution in [3.8, 4) is 17.2 Å². The minimum Gasteiger partial charge on any atom is -0.450 e. The molecule has 18 heteroatoms. The van der Waals surface area contributed by atoms with Gasteiger partial charge in [-0.3, -0.25) is 4.90 Å². The molecule has 5 fully saturated rings. The molecule has 2 amide bonds. The molecule has 5 aliphatic rings. The molecule has 4 bridgehead atoms. The van der Waals surface area contributed by atoms with E-state index in [0.717, 1.165) is 36.8 Å². The first-order valence-electron chi connectivity index (χ1n) is 22.9. The lowest BCUT2D eigenvalue weighted by molar-refractivity contribution is 0.0125. The van der Waals surface area contributed by atoms with E-state index < -0.39 is 49.3 Å². The van der Waals surface area contributed by atoms with Crippen molar-refractivity contribution in [3.63, 3.8) is 0 Å². The van der Waals surface area contributed by atoms with Crippen LogP contribution in [-0.4, -0.2) is 93.5 Å². The van der Waals surface area contributed by atoms with Gasteiger partial charge in [-0.25, -0.2) is 28.9 Å². The third-order valence-corrected chi connectivity index (χ3v) is 16.4. The number of hydrogen-bond donors (Lipinski definition) is 0. The fraction of sp³-hybridized carbons (Fsp3) is 0.510. The van der Waals surface area contributed by atoms with E-state index >= 15 is 4.39 Å². The van der Waals surface area contributed by atoms with E-state index in [1.807, 2.05) is 43.6 Å². The number of piperidine rings is 1. The van der Waals surface area contributed by atoms with Gasteiger partial charge in [-0.2, -0.15) is 14.0 Å². The van der Waals surface area contributed by atoms with E-state index in [4.69, 9.17) is 37.7 Å². The highest BCUT2D eigenvalue weighted by Crippen LogP contribution is 2.56. The molecule has 0 unspecified atom stereocenters. The summed E-state index contributed by atoms with van der Waals surface area (Å²) < 4.78 is 61.3. The summed E-state index contributed by atoms with van der Waals surface area (Å²) in [6.45, 7) is 16.2. The summed E-state index contributed by atoms with van der Waals surface area (Å²) in [6.07, 6.45) is 1.88. The molecular formula is C49H55Cl2F3N8O4Si. The van der Waals surface area contributed by atoms with Crippen LogP contribution in [0.3, 0.4) is 0 Å². The standard InChI is InChI=1S/C49H55Cl2F3N8O4Si/c1-26-32-20-36(44-28-17-30(61(44)47(64)65-15-16-67(6,7)8)24-59(22-28)38-21-37(49(5,53)54)56-25-57-38)62(43-29-19-35(43)60(23-29)46(63)66-48(2,3)4)45(32)33-18-27(11-10-14-55)39(41(52)42(33)58-26)31-12-9-13-34(50)40(31)51/h9,12-13,18,20-21,25,28-30,35,43-44H,10-11,15-17,19,22-24H2,1-8H3/t28-,29+,30+,35+,43-,44+/m0/s1. The average molecular weight is 976 g/mol. The van der Waals surface area contributed by atoms with Crippen molar-refractivity contribution in [1.82, 2.24) is 29.3 Å². The van der Waals surface area contributed by atoms with Gasteiger partial charge >= 0.3 is 12.2 Å². The van der Waals surface area contributed by atoms with Crippen LogP contribution in [-0.2, 0) is 21.8 Å². The number of hydrogen-bond acceptors (Lipinski definition) is 9. The molecule has 12 nitrogen and oxygen atoms in total. The molecule has 10 rings (SSSR count). The van der Waals surface area contributed by atoms with Gasteiger partial charge in [-0.15, -0.1) is 0 Å². The number of amides is 2. The Hall–Kier alpha value is -5.11. The molecule has 1 saturated carbocycles. The first kappa shape index (κ1) is 47.0. The van der Waals surface area contributed by atoms with E-state index in [1.54, 1.807) is 23.1 Å². The molecule has 354 valence electrons. The maximum absolute atomic E-state index is 17.7. The smallest absolute Gasteiger partial charge is 0.410 e. The number of benzene rings is 2. The first-order chi connectivity index (χ1) is 31.5. The lowest BCUT2D eigenvalue weighted by atomic mass is 9.79. The van der Waals surface area contributed by atoms with Crippen LogP contribution < -0.4 is 4.90 Å². The first-order valence-corrected chi connectivity index (χ1v) is 27.4. The van der Waals surface area contributed by atoms with Crippen molar-refractivity contribution in [2.75, 3.05) is 31.1 Å². The van der Waals surface area contributed by atoms with Crippen LogP contribution in [0.1, 0.15) is 81.7 Å². The van der Waals surface area contributed by atoms with Gasteiger partial charge in [0, 0.05) is 92.2 Å². The summed E-state index contributed by atoms with van der Waals surface area (Å²) >= 11 is 13.3. The Balaban J connectivity index is 1.27. The number of nitrogens with zero attached hydrogens (tertiary/aromatic N) is 8. The molecule has 4 aliphatic heterocycles. The van der Waals surface area contributed by atoms with Crippen LogP contribution in [0, 0.1) is 35.9 Å². The van der Waals surface area contributed by atoms with Crippen LogP contribution in [0.25, 0.3) is 32.9 Å². The van der Waals surface area contributed by atoms with Crippen molar-refractivity contribution in [3.05, 3.63) is 81.2 Å². The molecule has 1 aliphatic carbocycles. The summed E-state index contributed by atoms with van der Waals surface area (Å²) in [5.74, 6) is -3.70. The number of nitriles is 1. The van der Waals surface area contributed by atoms with Gasteiger partial charge in [0.2, 0.25) is 0 Å². The maximum Gasteiger partial charge on any atom is 0.410 e. The number of rotatable bonds is 10. The van der Waals surface area contributed by atoms with Gasteiger partial charge in [0.05, 0.1) is 52.4 Å². The molecular weight excluding hydrogens is 921 g/mol. The minimum atomic E-state index is -3.19. The highest BCUT2D eigenvalue weighted by atomic mass is 35.5. The second-order valence-corrected chi connectivity index (χ2v) is 27.4. The Morgan fingerprint density at radius 1 is 0.985 bits per heavy atom. The molecule has 0 radical (unpaired) electrons. The number of anilines is 1. The Kier molecular flexibility index (Phi) is 12.0. The second kappa shape index (κ2) is 17.1. The number of aryl methyl sites for hydroxylation is 2. The molecule has 0 spiro atoms. The van der Waals surface area contributed by atoms with Crippen molar-refractivity contribution in [1.29, 1.82) is 5.26 Å². The number of carbonyl (C=O) groups is 2. The van der Waals surface area contributed by atoms with E-state index in [9.17, 15) is 23.6 Å². The van der Waals surface area contributed by atoms with Crippen LogP contribution >= 0.6 is 23.2 Å². The lowest BCUT2D eigenvalue weighted by Crippen LogP contribution is -2.46. The SMILES string of the molecule is Cc1nc2c(F)c(-c3cccc(Cl)c3Cl)c(CCC#N)cc2c2c1cc([C@H]1[C@H]3C[C@H](CN(c4cc(C(C)(F)F)ncn4)C3)N1C(=O)OCC[Si](C)(C)C)n2[C@H]1[C@@H]2C[C@H]1N(C(=O)OC(C)(C)C)C2. The molecule has 5 aromatic rings. The zero-order chi connectivity index (χ0) is 48.1. The highest BCUT2D eigenvalue weighted by molar-refractivity contribution is 6.76. The van der Waals surface area contributed by atoms with Gasteiger partial charge in [0.15, 0.2) is 5.82 Å². The number of ether oxygens (including phenoxy) is 2. The summed E-state index contributed by atoms with van der Waals surface area (Å²) in [7, 11) is -1.61. The van der Waals surface area contributed by atoms with Crippen molar-refractivity contribution in [2.24, 2.45) is 11.8 Å². The number of aromatic nitrogens is 4. The molecule has 67 heavy (non-hydrogen) atoms. The normalized spacial score (nSPS) is 22.7. The van der Waals surface area contributed by atoms with Crippen molar-refractivity contribution in [2.45, 2.75) is 122 Å². The number of carbonyl (C=O) groups excluding carboxylic acids is 2. The highest BCUT2D eigenvalue weighted by Gasteiger charge is 2.58. The molecule has 3 aromatic heterocycles. The summed E-state index contributed by atoms with van der Waals surface area (Å²) in [4.78, 5) is 47.5. The molecule has 4 saturated heterocycles. The predicted molar refractivity (Wildman–Crippen MR) is 255 cm³/mol. The van der Waals surface area contributed by atoms with E-state index in [2.05, 4.69) is 46.3 Å². The number of fused-ring (bicyclic) bond motifs is 6. The van der Waals surface area contributed by atoms with Crippen LogP contribution in [0.15, 0.2) is 42.7 Å². The summed E-state index contributed by atoms with van der Waals surface area (Å²) in [5.41, 5.74) is 2.13. The Morgan fingerprint density at radius 3 is 2.45 bits per heavy atom. The van der Waals surface area contributed by atoms with Crippen LogP contribution in [0.2, 0.25) is 35.7 Å². The largest absolute Gasteiger partial charge is 0.450 e. The van der Waals surface area contributed by atoms with Gasteiger partial charge in [-0.05, 0) is 76.8 Å². The van der Waals surface area contributed by atoms with E-state index in [1.165, 1.54) is 6.07 Å². The van der Waals surface area contributed by atoms with Crippen molar-refractivity contribution < 1.29 is 32.2 Å². The Labute approximate surface area is 399 Å². The third kappa shape index (κ3) is 8.58. The van der Waals surface area contributed by atoms with Gasteiger partial charge < -0.3 is 23.8 Å². The minimum absolute atomic E-state index is 0.00703. The fourth-order valence-corrected chi connectivity index (χ4v) is 12.0. The van der Waals surface area contributed by atoms with E-state index in [-0.39, 0.29) is 70.5 Å². The van der Waals surface area contributed by atoms with Crippen LogP contribution in [0.5, 0.6) is 0 Å². The fourth-order valence-electron chi connectivity index (χ4n) is 10.8. The summed E-state index contributed by atoms with van der Waals surface area (Å²) in [5, 5.41) is 11.5. The predicted octanol–water partition coefficient (Wildman–Crippen LogP) is 11.9. The number of pyridine rings is 1. The van der Waals surface area contributed by atoms with Crippen molar-refractivity contribution >= 4 is 71.1 Å². The number of alkyl halides is 2. The number of halogens is 5. The maximum atomic E-state index is 17.7. The quantitative estimate of drug-likeness (QED) is 0.126. The monoisotopic (exact) mass is 974 g/mol. The topological polar surface area (TPSA) is 130 Å². The van der Waals surface area contributed by atoms with E-state index in [0.29, 0.717) is 59.6 Å². The van der Waals surface area contributed by atoms with Crippen LogP contribution in [0.4, 0.5) is 28.6 Å². The van der Waals surface area contributed by atoms with Gasteiger partial charge in [0.1, 0.15) is 29.0 Å². The Bertz CT molecular complexity index is 2860. The number of likely N-dealkylation sites (tertiary alicyclic amines) is 1. The lowest BCUT2D eigenvalue weighted by Gasteiger charge is -2.41. The molecule has 2 aromatic carbocycles. The average Bonchev–Trinajstić information content (AvgIpc) is 4.01. The molecule has 0 N–H and O–H groups in total. The molecule has 7 heterocycles. The Morgan fingerprint density at radius 2 is 1.75 bits per heavy atom. The summed E-state index contributed by atoms with van der Waals surface area (Å²) in [6, 6.07) is 11.7. The molecule has 6 atom stereocenters. The second-order valence-electron chi connectivity index (χ2n) is 20.9. The third-order valence-electron chi connectivity index (χ3n) is 13.8.